The van der Waals surface area contributed by atoms with Gasteiger partial charge < -0.3 is 15.1 Å². The fourth-order valence-corrected chi connectivity index (χ4v) is 9.20. The normalized spacial score (nSPS) is 16.7. The number of carbonyl (C=O) groups is 1. The lowest BCUT2D eigenvalue weighted by Crippen LogP contribution is -2.38. The van der Waals surface area contributed by atoms with Crippen LogP contribution in [0.1, 0.15) is 96.9 Å². The first-order valence-corrected chi connectivity index (χ1v) is 21.9. The van der Waals surface area contributed by atoms with Crippen molar-refractivity contribution in [3.8, 4) is 0 Å². The van der Waals surface area contributed by atoms with Crippen LogP contribution in [0.15, 0.2) is 17.1 Å². The number of aryl methyl sites for hydroxylation is 4. The molecule has 0 radical (unpaired) electrons. The van der Waals surface area contributed by atoms with Crippen LogP contribution in [-0.2, 0) is 76.2 Å². The lowest BCUT2D eigenvalue weighted by Gasteiger charge is -2.20. The van der Waals surface area contributed by atoms with Crippen molar-refractivity contribution in [2.24, 2.45) is 10.1 Å². The molecule has 0 bridgehead atoms. The maximum atomic E-state index is 12.4. The molecule has 4 aliphatic rings. The molecule has 14 heteroatoms. The number of isocyanates is 1. The zero-order chi connectivity index (χ0) is 38.2. The summed E-state index contributed by atoms with van der Waals surface area (Å²) in [5, 5.41) is 7.71. The third-order valence-electron chi connectivity index (χ3n) is 10.9. The number of sulfonamides is 2. The molecule has 2 aromatic carbocycles. The Balaban J connectivity index is 0.000000196. The predicted molar refractivity (Wildman–Crippen MR) is 208 cm³/mol. The summed E-state index contributed by atoms with van der Waals surface area (Å²) in [5.74, 6) is -0.00286. The van der Waals surface area contributed by atoms with Crippen molar-refractivity contribution in [2.75, 3.05) is 45.0 Å². The van der Waals surface area contributed by atoms with E-state index in [1.165, 1.54) is 57.3 Å². The number of fused-ring (bicyclic) bond motifs is 4. The van der Waals surface area contributed by atoms with Crippen molar-refractivity contribution in [3.05, 3.63) is 56.6 Å². The number of hydrogen-bond donors (Lipinski definition) is 3. The Labute approximate surface area is 311 Å². The smallest absolute Gasteiger partial charge is 0.307 e. The van der Waals surface area contributed by atoms with Gasteiger partial charge in [0.25, 0.3) is 0 Å². The van der Waals surface area contributed by atoms with E-state index in [1.54, 1.807) is 6.08 Å². The second kappa shape index (κ2) is 18.3. The first kappa shape index (κ1) is 41.6. The summed E-state index contributed by atoms with van der Waals surface area (Å²) < 4.78 is 47.7. The van der Waals surface area contributed by atoms with Crippen molar-refractivity contribution in [1.82, 2.24) is 14.5 Å². The maximum Gasteiger partial charge on any atom is 0.332 e. The van der Waals surface area contributed by atoms with Gasteiger partial charge in [0.1, 0.15) is 0 Å². The van der Waals surface area contributed by atoms with E-state index in [9.17, 15) is 26.4 Å². The van der Waals surface area contributed by atoms with Crippen LogP contribution in [0, 0.1) is 0 Å². The van der Waals surface area contributed by atoms with Crippen LogP contribution in [0.4, 0.5) is 16.2 Å². The van der Waals surface area contributed by atoms with E-state index in [1.807, 2.05) is 51.8 Å². The molecule has 2 aromatic rings. The van der Waals surface area contributed by atoms with Crippen LogP contribution in [0.3, 0.4) is 0 Å². The van der Waals surface area contributed by atoms with Gasteiger partial charge in [-0.05, 0) is 176 Å². The highest BCUT2D eigenvalue weighted by Crippen LogP contribution is 2.40. The highest BCUT2D eigenvalue weighted by molar-refractivity contribution is 7.90. The van der Waals surface area contributed by atoms with Gasteiger partial charge in [-0.3, -0.25) is 0 Å². The number of hydrogen-bond acceptors (Lipinski definition) is 9. The molecule has 0 aromatic heterocycles. The minimum Gasteiger partial charge on any atom is -0.307 e. The van der Waals surface area contributed by atoms with E-state index in [2.05, 4.69) is 27.2 Å². The molecular formula is C38H58N6O6S2. The van der Waals surface area contributed by atoms with E-state index in [0.29, 0.717) is 12.8 Å². The van der Waals surface area contributed by atoms with Crippen LogP contribution in [-0.4, -0.2) is 90.5 Å². The SMILES string of the molecule is CC(CCS(=O)(=O)NC(=O)Nc1c2c(cc3c1CCC3)CCC2)N(C)C.CC(CCS(N)(=O)=O)N(C)C.O=C=Nc1c2c(cc3c1CCC3)CCC2. The third-order valence-corrected chi connectivity index (χ3v) is 13.0. The van der Waals surface area contributed by atoms with Crippen molar-refractivity contribution < 1.29 is 26.4 Å². The van der Waals surface area contributed by atoms with Crippen LogP contribution in [0.2, 0.25) is 0 Å². The zero-order valence-electron chi connectivity index (χ0n) is 31.8. The van der Waals surface area contributed by atoms with Crippen LogP contribution in [0.5, 0.6) is 0 Å². The fourth-order valence-electron chi connectivity index (χ4n) is 7.44. The van der Waals surface area contributed by atoms with Gasteiger partial charge >= 0.3 is 6.03 Å². The molecular weight excluding hydrogens is 701 g/mol. The Bertz CT molecular complexity index is 1810. The highest BCUT2D eigenvalue weighted by Gasteiger charge is 2.27. The Morgan fingerprint density at radius 1 is 0.731 bits per heavy atom. The Morgan fingerprint density at radius 2 is 1.13 bits per heavy atom. The van der Waals surface area contributed by atoms with Crippen molar-refractivity contribution in [2.45, 2.75) is 116 Å². The van der Waals surface area contributed by atoms with Crippen LogP contribution in [0.25, 0.3) is 0 Å². The largest absolute Gasteiger partial charge is 0.332 e. The van der Waals surface area contributed by atoms with E-state index in [4.69, 9.17) is 5.14 Å². The molecule has 0 saturated heterocycles. The van der Waals surface area contributed by atoms with Crippen LogP contribution < -0.4 is 15.2 Å². The molecule has 0 fully saturated rings. The average Bonchev–Trinajstić information content (AvgIpc) is 3.89. The molecule has 2 unspecified atom stereocenters. The lowest BCUT2D eigenvalue weighted by molar-refractivity contribution is 0.256. The standard InChI is InChI=1S/C19H29N3O3S.C13H13NO.C6H16N2O2S/c1-13(22(2)3)10-11-26(24,25)21-19(23)20-18-16-8-4-6-14(16)12-15-7-5-9-17(15)18;15-8-14-13-11-5-1-3-9(11)7-10-4-2-6-12(10)13;1-6(8(2)3)4-5-11(7,9)10/h12-13H,4-11H2,1-3H3,(H2,20,21,23);7H,1-6H2;6H,4-5H2,1-3H3,(H2,7,9,10). The van der Waals surface area contributed by atoms with Crippen molar-refractivity contribution in [3.63, 3.8) is 0 Å². The number of nitrogens with zero attached hydrogens (tertiary/aromatic N) is 3. The molecule has 0 spiro atoms. The number of rotatable bonds is 11. The number of nitrogens with two attached hydrogens (primary N) is 1. The molecule has 6 rings (SSSR count). The van der Waals surface area contributed by atoms with E-state index < -0.39 is 26.1 Å². The van der Waals surface area contributed by atoms with Gasteiger partial charge in [0.15, 0.2) is 0 Å². The molecule has 4 N–H and O–H groups in total. The zero-order valence-corrected chi connectivity index (χ0v) is 33.4. The summed E-state index contributed by atoms with van der Waals surface area (Å²) in [5.41, 5.74) is 12.3. The molecule has 0 saturated carbocycles. The van der Waals surface area contributed by atoms with E-state index in [-0.39, 0.29) is 23.6 Å². The van der Waals surface area contributed by atoms with Gasteiger partial charge in [-0.25, -0.2) is 36.3 Å². The van der Waals surface area contributed by atoms with Gasteiger partial charge in [0.05, 0.1) is 17.2 Å². The highest BCUT2D eigenvalue weighted by atomic mass is 32.2. The molecule has 4 aliphatic carbocycles. The summed E-state index contributed by atoms with van der Waals surface area (Å²) in [6.07, 6.45) is 15.9. The first-order valence-electron chi connectivity index (χ1n) is 18.5. The summed E-state index contributed by atoms with van der Waals surface area (Å²) in [6.45, 7) is 3.93. The lowest BCUT2D eigenvalue weighted by atomic mass is 9.99. The van der Waals surface area contributed by atoms with Gasteiger partial charge in [0.2, 0.25) is 26.1 Å². The minimum absolute atomic E-state index is 0.0619. The molecule has 2 amide bonds. The minimum atomic E-state index is -3.65. The number of nitrogens with one attached hydrogen (secondary N) is 2. The molecule has 2 atom stereocenters. The van der Waals surface area contributed by atoms with E-state index in [0.717, 1.165) is 75.6 Å². The monoisotopic (exact) mass is 758 g/mol. The number of benzene rings is 2. The number of carbonyl (C=O) groups excluding carboxylic acids is 2. The summed E-state index contributed by atoms with van der Waals surface area (Å²) in [7, 11) is 0.717. The maximum absolute atomic E-state index is 12.4. The predicted octanol–water partition coefficient (Wildman–Crippen LogP) is 4.70. The Hall–Kier alpha value is -3.13. The topological polar surface area (TPSA) is 171 Å². The van der Waals surface area contributed by atoms with Gasteiger partial charge in [-0.1, -0.05) is 12.1 Å². The van der Waals surface area contributed by atoms with Gasteiger partial charge in [-0.15, -0.1) is 0 Å². The summed E-state index contributed by atoms with van der Waals surface area (Å²) >= 11 is 0. The average molecular weight is 759 g/mol. The molecule has 12 nitrogen and oxygen atoms in total. The number of aliphatic imine (C=N–C) groups is 1. The number of amides is 2. The molecule has 0 heterocycles. The second-order valence-electron chi connectivity index (χ2n) is 15.1. The number of primary sulfonamides is 1. The number of urea groups is 1. The quantitative estimate of drug-likeness (QED) is 0.219. The van der Waals surface area contributed by atoms with E-state index >= 15 is 0 Å². The number of anilines is 1. The first-order chi connectivity index (χ1) is 24.5. The second-order valence-corrected chi connectivity index (χ2v) is 18.7. The van der Waals surface area contributed by atoms with Crippen LogP contribution >= 0.6 is 0 Å². The molecule has 52 heavy (non-hydrogen) atoms. The fraction of sp³-hybridized carbons (Fsp3) is 0.632. The Morgan fingerprint density at radius 3 is 1.54 bits per heavy atom. The summed E-state index contributed by atoms with van der Waals surface area (Å²) in [4.78, 5) is 30.7. The van der Waals surface area contributed by atoms with Gasteiger partial charge in [-0.2, -0.15) is 4.99 Å². The van der Waals surface area contributed by atoms with Crippen molar-refractivity contribution >= 4 is 43.5 Å². The Kier molecular flexibility index (Phi) is 14.6. The van der Waals surface area contributed by atoms with Gasteiger partial charge in [0, 0.05) is 17.8 Å². The summed E-state index contributed by atoms with van der Waals surface area (Å²) in [6, 6.07) is 4.38. The third kappa shape index (κ3) is 11.4. The van der Waals surface area contributed by atoms with Crippen molar-refractivity contribution in [1.29, 1.82) is 0 Å². The molecule has 0 aliphatic heterocycles. The molecule has 288 valence electrons.